The van der Waals surface area contributed by atoms with Gasteiger partial charge in [0.05, 0.1) is 20.6 Å². The Kier molecular flexibility index (Phi) is 4.55. The highest BCUT2D eigenvalue weighted by atomic mass is 16.5. The molecule has 0 aliphatic heterocycles. The van der Waals surface area contributed by atoms with E-state index in [0.29, 0.717) is 11.5 Å². The number of rotatable bonds is 5. The van der Waals surface area contributed by atoms with Crippen molar-refractivity contribution in [2.75, 3.05) is 19.5 Å². The molecule has 0 saturated carbocycles. The Labute approximate surface area is 158 Å². The minimum absolute atomic E-state index is 0.0616. The van der Waals surface area contributed by atoms with Crippen molar-refractivity contribution in [2.45, 2.75) is 12.8 Å². The number of methoxy groups -OCH3 is 2. The van der Waals surface area contributed by atoms with E-state index in [0.717, 1.165) is 17.7 Å². The van der Waals surface area contributed by atoms with E-state index in [1.54, 1.807) is 14.2 Å². The zero-order valence-corrected chi connectivity index (χ0v) is 15.4. The quantitative estimate of drug-likeness (QED) is 0.572. The predicted octanol–water partition coefficient (Wildman–Crippen LogP) is 4.46. The highest BCUT2D eigenvalue weighted by molar-refractivity contribution is 5.93. The topological polar surface area (TPSA) is 47.6 Å². The zero-order chi connectivity index (χ0) is 18.8. The second-order valence-corrected chi connectivity index (χ2v) is 6.62. The van der Waals surface area contributed by atoms with Gasteiger partial charge in [-0.25, -0.2) is 0 Å². The largest absolute Gasteiger partial charge is 0.493 e. The lowest BCUT2D eigenvalue weighted by Crippen LogP contribution is -2.14. The smallest absolute Gasteiger partial charge is 0.228 e. The summed E-state index contributed by atoms with van der Waals surface area (Å²) in [5, 5.41) is 3.01. The van der Waals surface area contributed by atoms with Crippen molar-refractivity contribution >= 4 is 11.6 Å². The standard InChI is InChI=1S/C23H21NO3/c1-26-21-10-7-15(11-22(21)27-2)12-23(25)24-18-9-8-17-13-16-5-3-4-6-19(16)20(17)14-18/h3-11,14H,12-13H2,1-2H3,(H,24,25). The lowest BCUT2D eigenvalue weighted by atomic mass is 10.1. The van der Waals surface area contributed by atoms with Crippen LogP contribution >= 0.6 is 0 Å². The van der Waals surface area contributed by atoms with Crippen LogP contribution in [0.4, 0.5) is 5.69 Å². The monoisotopic (exact) mass is 359 g/mol. The highest BCUT2D eigenvalue weighted by Crippen LogP contribution is 2.37. The molecule has 0 unspecified atom stereocenters. The molecule has 1 N–H and O–H groups in total. The Hall–Kier alpha value is -3.27. The van der Waals surface area contributed by atoms with Gasteiger partial charge in [0.2, 0.25) is 5.91 Å². The third-order valence-electron chi connectivity index (χ3n) is 4.89. The van der Waals surface area contributed by atoms with Crippen LogP contribution in [-0.4, -0.2) is 20.1 Å². The van der Waals surface area contributed by atoms with Crippen molar-refractivity contribution in [2.24, 2.45) is 0 Å². The first-order valence-electron chi connectivity index (χ1n) is 8.90. The van der Waals surface area contributed by atoms with E-state index in [-0.39, 0.29) is 12.3 Å². The number of carbonyl (C=O) groups excluding carboxylic acids is 1. The van der Waals surface area contributed by atoms with Crippen molar-refractivity contribution in [1.29, 1.82) is 0 Å². The molecule has 0 saturated heterocycles. The van der Waals surface area contributed by atoms with E-state index < -0.39 is 0 Å². The van der Waals surface area contributed by atoms with Crippen molar-refractivity contribution in [3.63, 3.8) is 0 Å². The zero-order valence-electron chi connectivity index (χ0n) is 15.4. The molecule has 27 heavy (non-hydrogen) atoms. The van der Waals surface area contributed by atoms with Crippen LogP contribution in [0, 0.1) is 0 Å². The van der Waals surface area contributed by atoms with Crippen LogP contribution in [0.1, 0.15) is 16.7 Å². The molecule has 0 fully saturated rings. The summed E-state index contributed by atoms with van der Waals surface area (Å²) in [5.74, 6) is 1.21. The van der Waals surface area contributed by atoms with Gasteiger partial charge in [0.25, 0.3) is 0 Å². The minimum atomic E-state index is -0.0616. The van der Waals surface area contributed by atoms with Gasteiger partial charge in [-0.2, -0.15) is 0 Å². The third-order valence-corrected chi connectivity index (χ3v) is 4.89. The SMILES string of the molecule is COc1ccc(CC(=O)Nc2ccc3c(c2)-c2ccccc2C3)cc1OC. The highest BCUT2D eigenvalue weighted by Gasteiger charge is 2.18. The number of ether oxygens (including phenoxy) is 2. The van der Waals surface area contributed by atoms with Gasteiger partial charge in [0, 0.05) is 5.69 Å². The first-order chi connectivity index (χ1) is 13.2. The molecule has 0 bridgehead atoms. The lowest BCUT2D eigenvalue weighted by Gasteiger charge is -2.11. The maximum Gasteiger partial charge on any atom is 0.228 e. The van der Waals surface area contributed by atoms with Crippen LogP contribution in [0.25, 0.3) is 11.1 Å². The summed E-state index contributed by atoms with van der Waals surface area (Å²) >= 11 is 0. The molecule has 0 spiro atoms. The van der Waals surface area contributed by atoms with Gasteiger partial charge in [0.15, 0.2) is 11.5 Å². The summed E-state index contributed by atoms with van der Waals surface area (Å²) in [4.78, 5) is 12.5. The molecule has 136 valence electrons. The van der Waals surface area contributed by atoms with E-state index in [1.807, 2.05) is 24.3 Å². The second-order valence-electron chi connectivity index (χ2n) is 6.62. The molecular weight excluding hydrogens is 338 g/mol. The summed E-state index contributed by atoms with van der Waals surface area (Å²) in [6, 6.07) is 20.1. The Morgan fingerprint density at radius 2 is 1.67 bits per heavy atom. The number of carbonyl (C=O) groups is 1. The van der Waals surface area contributed by atoms with Crippen LogP contribution < -0.4 is 14.8 Å². The fraction of sp³-hybridized carbons (Fsp3) is 0.174. The van der Waals surface area contributed by atoms with Gasteiger partial charge < -0.3 is 14.8 Å². The molecule has 3 aromatic rings. The minimum Gasteiger partial charge on any atom is -0.493 e. The number of amides is 1. The molecule has 4 rings (SSSR count). The first kappa shape index (κ1) is 17.2. The summed E-state index contributed by atoms with van der Waals surface area (Å²) in [6.45, 7) is 0. The first-order valence-corrected chi connectivity index (χ1v) is 8.90. The molecular formula is C23H21NO3. The van der Waals surface area contributed by atoms with Crippen molar-refractivity contribution < 1.29 is 14.3 Å². The van der Waals surface area contributed by atoms with E-state index in [4.69, 9.17) is 9.47 Å². The summed E-state index contributed by atoms with van der Waals surface area (Å²) in [7, 11) is 3.18. The fourth-order valence-corrected chi connectivity index (χ4v) is 3.58. The molecule has 1 aliphatic carbocycles. The van der Waals surface area contributed by atoms with Crippen molar-refractivity contribution in [3.05, 3.63) is 77.4 Å². The molecule has 0 heterocycles. The number of anilines is 1. The molecule has 0 atom stereocenters. The van der Waals surface area contributed by atoms with Gasteiger partial charge >= 0.3 is 0 Å². The van der Waals surface area contributed by atoms with Crippen molar-refractivity contribution in [1.82, 2.24) is 0 Å². The van der Waals surface area contributed by atoms with Crippen LogP contribution in [0.2, 0.25) is 0 Å². The third kappa shape index (κ3) is 3.38. The molecule has 0 radical (unpaired) electrons. The number of hydrogen-bond acceptors (Lipinski definition) is 3. The molecule has 4 heteroatoms. The van der Waals surface area contributed by atoms with Gasteiger partial charge in [-0.15, -0.1) is 0 Å². The van der Waals surface area contributed by atoms with Gasteiger partial charge in [0.1, 0.15) is 0 Å². The molecule has 1 amide bonds. The second kappa shape index (κ2) is 7.16. The predicted molar refractivity (Wildman–Crippen MR) is 107 cm³/mol. The number of benzene rings is 3. The van der Waals surface area contributed by atoms with Gasteiger partial charge in [-0.3, -0.25) is 4.79 Å². The van der Waals surface area contributed by atoms with Crippen LogP contribution in [0.5, 0.6) is 11.5 Å². The van der Waals surface area contributed by atoms with Crippen LogP contribution in [-0.2, 0) is 17.6 Å². The number of fused-ring (bicyclic) bond motifs is 3. The summed E-state index contributed by atoms with van der Waals surface area (Å²) in [5.41, 5.74) is 6.78. The lowest BCUT2D eigenvalue weighted by molar-refractivity contribution is -0.115. The van der Waals surface area contributed by atoms with E-state index >= 15 is 0 Å². The molecule has 4 nitrogen and oxygen atoms in total. The number of nitrogens with one attached hydrogen (secondary N) is 1. The van der Waals surface area contributed by atoms with Crippen LogP contribution in [0.15, 0.2) is 60.7 Å². The van der Waals surface area contributed by atoms with Gasteiger partial charge in [-0.1, -0.05) is 36.4 Å². The fourth-order valence-electron chi connectivity index (χ4n) is 3.58. The molecule has 1 aliphatic rings. The average molecular weight is 359 g/mol. The normalized spacial score (nSPS) is 11.5. The Bertz CT molecular complexity index is 1010. The maximum atomic E-state index is 12.5. The molecule has 0 aromatic heterocycles. The molecule has 3 aromatic carbocycles. The summed E-state index contributed by atoms with van der Waals surface area (Å²) < 4.78 is 10.5. The van der Waals surface area contributed by atoms with E-state index in [1.165, 1.54) is 22.3 Å². The van der Waals surface area contributed by atoms with Crippen LogP contribution in [0.3, 0.4) is 0 Å². The Morgan fingerprint density at radius 3 is 2.48 bits per heavy atom. The number of hydrogen-bond donors (Lipinski definition) is 1. The maximum absolute atomic E-state index is 12.5. The van der Waals surface area contributed by atoms with Crippen molar-refractivity contribution in [3.8, 4) is 22.6 Å². The van der Waals surface area contributed by atoms with Gasteiger partial charge in [-0.05, 0) is 58.5 Å². The van der Waals surface area contributed by atoms with E-state index in [2.05, 4.69) is 41.7 Å². The average Bonchev–Trinajstić information content (AvgIpc) is 3.06. The Morgan fingerprint density at radius 1 is 0.889 bits per heavy atom. The summed E-state index contributed by atoms with van der Waals surface area (Å²) in [6.07, 6.45) is 1.22. The van der Waals surface area contributed by atoms with E-state index in [9.17, 15) is 4.79 Å². The Balaban J connectivity index is 1.50.